The number of carboxylic acid groups (broad SMARTS) is 1. The number of nitrogens with zero attached hydrogens (tertiary/aromatic N) is 1. The molecule has 0 bridgehead atoms. The molecule has 1 fully saturated rings. The van der Waals surface area contributed by atoms with Gasteiger partial charge in [-0.15, -0.1) is 11.3 Å². The number of aryl methyl sites for hydroxylation is 1. The Bertz CT molecular complexity index is 669. The zero-order valence-electron chi connectivity index (χ0n) is 13.4. The van der Waals surface area contributed by atoms with Crippen LogP contribution in [0.1, 0.15) is 38.0 Å². The molecule has 0 radical (unpaired) electrons. The van der Waals surface area contributed by atoms with E-state index in [9.17, 15) is 23.4 Å². The summed E-state index contributed by atoms with van der Waals surface area (Å²) in [7, 11) is -3.72. The van der Waals surface area contributed by atoms with Crippen molar-refractivity contribution in [2.45, 2.75) is 49.8 Å². The molecule has 1 saturated heterocycles. The summed E-state index contributed by atoms with van der Waals surface area (Å²) in [5.41, 5.74) is -1.43. The van der Waals surface area contributed by atoms with E-state index in [1.165, 1.54) is 15.6 Å². The topological polar surface area (TPSA) is 94.9 Å². The quantitative estimate of drug-likeness (QED) is 0.807. The number of aliphatic carboxylic acids is 1. The number of aliphatic hydroxyl groups excluding tert-OH is 1. The molecule has 1 aromatic rings. The van der Waals surface area contributed by atoms with Gasteiger partial charge in [0.05, 0.1) is 6.10 Å². The lowest BCUT2D eigenvalue weighted by atomic mass is 9.74. The van der Waals surface area contributed by atoms with Crippen molar-refractivity contribution in [1.82, 2.24) is 4.31 Å². The fraction of sp³-hybridized carbons (Fsp3) is 0.667. The Morgan fingerprint density at radius 2 is 2.13 bits per heavy atom. The molecule has 8 heteroatoms. The van der Waals surface area contributed by atoms with Crippen LogP contribution in [0.3, 0.4) is 0 Å². The highest BCUT2D eigenvalue weighted by Crippen LogP contribution is 2.38. The first-order chi connectivity index (χ1) is 10.8. The van der Waals surface area contributed by atoms with Crippen LogP contribution in [0.5, 0.6) is 0 Å². The van der Waals surface area contributed by atoms with Crippen LogP contribution < -0.4 is 0 Å². The average molecular weight is 361 g/mol. The smallest absolute Gasteiger partial charge is 0.313 e. The summed E-state index contributed by atoms with van der Waals surface area (Å²) in [6, 6.07) is 3.36. The predicted octanol–water partition coefficient (Wildman–Crippen LogP) is 1.94. The third-order valence-electron chi connectivity index (χ3n) is 4.45. The van der Waals surface area contributed by atoms with Crippen molar-refractivity contribution in [1.29, 1.82) is 0 Å². The number of aliphatic hydroxyl groups is 1. The molecule has 6 nitrogen and oxygen atoms in total. The van der Waals surface area contributed by atoms with E-state index in [1.54, 1.807) is 12.1 Å². The normalized spacial score (nSPS) is 26.3. The molecular weight excluding hydrogens is 338 g/mol. The van der Waals surface area contributed by atoms with Gasteiger partial charge < -0.3 is 10.2 Å². The van der Waals surface area contributed by atoms with Crippen LogP contribution in [0.25, 0.3) is 0 Å². The van der Waals surface area contributed by atoms with Crippen LogP contribution >= 0.6 is 11.3 Å². The first kappa shape index (κ1) is 18.4. The molecule has 2 atom stereocenters. The highest BCUT2D eigenvalue weighted by atomic mass is 32.2. The first-order valence-corrected chi connectivity index (χ1v) is 10.0. The summed E-state index contributed by atoms with van der Waals surface area (Å²) < 4.78 is 27.1. The molecule has 1 aliphatic rings. The number of sulfonamides is 1. The first-order valence-electron chi connectivity index (χ1n) is 7.78. The van der Waals surface area contributed by atoms with E-state index < -0.39 is 27.5 Å². The zero-order chi connectivity index (χ0) is 17.3. The fourth-order valence-corrected chi connectivity index (χ4v) is 6.04. The van der Waals surface area contributed by atoms with E-state index in [0.717, 1.165) is 11.3 Å². The van der Waals surface area contributed by atoms with Crippen molar-refractivity contribution in [3.05, 3.63) is 17.0 Å². The SMILES string of the molecule is CCC[C@]1(C(=O)O)CN(S(=O)(=O)c2ccc(CC)s2)CC[C@H]1O. The predicted molar refractivity (Wildman–Crippen MR) is 88.1 cm³/mol. The highest BCUT2D eigenvalue weighted by Gasteiger charge is 2.51. The van der Waals surface area contributed by atoms with Gasteiger partial charge in [-0.1, -0.05) is 20.3 Å². The van der Waals surface area contributed by atoms with Gasteiger partial charge in [-0.25, -0.2) is 8.42 Å². The van der Waals surface area contributed by atoms with Crippen molar-refractivity contribution in [3.63, 3.8) is 0 Å². The summed E-state index contributed by atoms with van der Waals surface area (Å²) in [6.45, 7) is 3.74. The number of hydrogen-bond donors (Lipinski definition) is 2. The molecule has 0 spiro atoms. The minimum atomic E-state index is -3.72. The van der Waals surface area contributed by atoms with Crippen LogP contribution in [-0.2, 0) is 21.2 Å². The summed E-state index contributed by atoms with van der Waals surface area (Å²) in [6.07, 6.45) is 0.683. The van der Waals surface area contributed by atoms with Gasteiger partial charge in [-0.2, -0.15) is 4.31 Å². The second kappa shape index (κ2) is 6.88. The molecule has 0 aromatic carbocycles. The molecule has 1 aromatic heterocycles. The summed E-state index contributed by atoms with van der Waals surface area (Å²) in [4.78, 5) is 12.7. The number of rotatable bonds is 6. The van der Waals surface area contributed by atoms with Gasteiger partial charge in [0.15, 0.2) is 0 Å². The van der Waals surface area contributed by atoms with Gasteiger partial charge >= 0.3 is 5.97 Å². The standard InChI is InChI=1S/C15H23NO5S2/c1-3-8-15(14(18)19)10-16(9-7-12(15)17)23(20,21)13-6-5-11(4-2)22-13/h5-6,12,17H,3-4,7-10H2,1-2H3,(H,18,19)/t12-,15+/m1/s1. The van der Waals surface area contributed by atoms with Crippen molar-refractivity contribution in [2.75, 3.05) is 13.1 Å². The molecule has 2 rings (SSSR count). The minimum absolute atomic E-state index is 0.136. The van der Waals surface area contributed by atoms with Crippen molar-refractivity contribution >= 4 is 27.3 Å². The van der Waals surface area contributed by atoms with Crippen LogP contribution in [0.2, 0.25) is 0 Å². The average Bonchev–Trinajstić information content (AvgIpc) is 2.99. The van der Waals surface area contributed by atoms with E-state index in [1.807, 2.05) is 13.8 Å². The van der Waals surface area contributed by atoms with E-state index in [4.69, 9.17) is 0 Å². The zero-order valence-corrected chi connectivity index (χ0v) is 15.0. The van der Waals surface area contributed by atoms with Gasteiger partial charge in [0.1, 0.15) is 9.62 Å². The lowest BCUT2D eigenvalue weighted by Gasteiger charge is -2.42. The lowest BCUT2D eigenvalue weighted by Crippen LogP contribution is -2.57. The summed E-state index contributed by atoms with van der Waals surface area (Å²) in [5, 5.41) is 19.8. The lowest BCUT2D eigenvalue weighted by molar-refractivity contribution is -0.161. The Morgan fingerprint density at radius 1 is 1.43 bits per heavy atom. The Balaban J connectivity index is 2.34. The van der Waals surface area contributed by atoms with Crippen molar-refractivity contribution < 1.29 is 23.4 Å². The molecule has 2 heterocycles. The number of hydrogen-bond acceptors (Lipinski definition) is 5. The van der Waals surface area contributed by atoms with Gasteiger partial charge in [0.2, 0.25) is 0 Å². The van der Waals surface area contributed by atoms with Gasteiger partial charge in [0.25, 0.3) is 10.0 Å². The van der Waals surface area contributed by atoms with Gasteiger partial charge in [-0.05, 0) is 31.4 Å². The molecule has 0 unspecified atom stereocenters. The van der Waals surface area contributed by atoms with Gasteiger partial charge in [0, 0.05) is 18.0 Å². The Hall–Kier alpha value is -0.960. The van der Waals surface area contributed by atoms with Gasteiger partial charge in [-0.3, -0.25) is 4.79 Å². The Morgan fingerprint density at radius 3 is 2.65 bits per heavy atom. The Kier molecular flexibility index (Phi) is 5.50. The van der Waals surface area contributed by atoms with Crippen LogP contribution in [0.4, 0.5) is 0 Å². The molecule has 1 aliphatic heterocycles. The molecule has 0 aliphatic carbocycles. The maximum Gasteiger partial charge on any atom is 0.313 e. The van der Waals surface area contributed by atoms with Crippen molar-refractivity contribution in [3.8, 4) is 0 Å². The number of carboxylic acids is 1. The van der Waals surface area contributed by atoms with E-state index in [-0.39, 0.29) is 30.1 Å². The van der Waals surface area contributed by atoms with Crippen LogP contribution in [0, 0.1) is 5.41 Å². The van der Waals surface area contributed by atoms with E-state index >= 15 is 0 Å². The molecule has 0 amide bonds. The number of piperidine rings is 1. The molecule has 130 valence electrons. The fourth-order valence-electron chi connectivity index (χ4n) is 3.07. The van der Waals surface area contributed by atoms with E-state index in [2.05, 4.69) is 0 Å². The van der Waals surface area contributed by atoms with Crippen LogP contribution in [-0.4, -0.2) is 48.1 Å². The maximum absolute atomic E-state index is 12.8. The molecule has 23 heavy (non-hydrogen) atoms. The third kappa shape index (κ3) is 3.31. The maximum atomic E-state index is 12.8. The Labute approximate surface area is 140 Å². The molecule has 2 N–H and O–H groups in total. The second-order valence-electron chi connectivity index (χ2n) is 5.93. The number of thiophene rings is 1. The van der Waals surface area contributed by atoms with Crippen molar-refractivity contribution in [2.24, 2.45) is 5.41 Å². The molecule has 0 saturated carbocycles. The second-order valence-corrected chi connectivity index (χ2v) is 9.26. The monoisotopic (exact) mass is 361 g/mol. The summed E-state index contributed by atoms with van der Waals surface area (Å²) >= 11 is 1.22. The van der Waals surface area contributed by atoms with E-state index in [0.29, 0.717) is 6.42 Å². The molecular formula is C15H23NO5S2. The highest BCUT2D eigenvalue weighted by molar-refractivity contribution is 7.91. The minimum Gasteiger partial charge on any atom is -0.481 e. The number of carbonyl (C=O) groups is 1. The van der Waals surface area contributed by atoms with Crippen LogP contribution in [0.15, 0.2) is 16.3 Å². The third-order valence-corrected chi connectivity index (χ3v) is 7.99. The largest absolute Gasteiger partial charge is 0.481 e. The summed E-state index contributed by atoms with van der Waals surface area (Å²) in [5.74, 6) is -1.13.